The zero-order valence-corrected chi connectivity index (χ0v) is 9.85. The number of hydrogen-bond donors (Lipinski definition) is 2. The summed E-state index contributed by atoms with van der Waals surface area (Å²) in [6.45, 7) is 7.15. The summed E-state index contributed by atoms with van der Waals surface area (Å²) in [6.07, 6.45) is 3.85. The minimum absolute atomic E-state index is 0.274. The van der Waals surface area contributed by atoms with Gasteiger partial charge in [0, 0.05) is 38.1 Å². The summed E-state index contributed by atoms with van der Waals surface area (Å²) in [5.74, 6) is 0.808. The van der Waals surface area contributed by atoms with Crippen LogP contribution in [0.4, 0.5) is 5.95 Å². The predicted octanol–water partition coefficient (Wildman–Crippen LogP) is 0.210. The van der Waals surface area contributed by atoms with E-state index in [1.54, 1.807) is 12.4 Å². The first-order valence-electron chi connectivity index (χ1n) is 5.78. The topological polar surface area (TPSA) is 53.1 Å². The maximum Gasteiger partial charge on any atom is 0.226 e. The van der Waals surface area contributed by atoms with Gasteiger partial charge in [-0.05, 0) is 19.9 Å². The Morgan fingerprint density at radius 3 is 2.88 bits per heavy atom. The van der Waals surface area contributed by atoms with Crippen LogP contribution in [0.5, 0.6) is 0 Å². The zero-order valence-electron chi connectivity index (χ0n) is 9.85. The third-order valence-corrected chi connectivity index (χ3v) is 2.58. The van der Waals surface area contributed by atoms with Crippen molar-refractivity contribution in [2.45, 2.75) is 26.1 Å². The Bertz CT molecular complexity index is 313. The first-order chi connectivity index (χ1) is 7.77. The standard InChI is InChI=1S/C11H19N5/c1-9(2)15-10-8-12-6-7-16(10)11-13-4-3-5-14-11/h3-5,9-10,12,15H,6-8H2,1-2H3. The van der Waals surface area contributed by atoms with Crippen LogP contribution in [0, 0.1) is 0 Å². The summed E-state index contributed by atoms with van der Waals surface area (Å²) in [5, 5.41) is 6.89. The van der Waals surface area contributed by atoms with E-state index in [2.05, 4.69) is 39.3 Å². The van der Waals surface area contributed by atoms with Gasteiger partial charge in [0.25, 0.3) is 0 Å². The normalized spacial score (nSPS) is 21.4. The van der Waals surface area contributed by atoms with Gasteiger partial charge in [-0.25, -0.2) is 9.97 Å². The lowest BCUT2D eigenvalue weighted by Gasteiger charge is -2.37. The van der Waals surface area contributed by atoms with Crippen molar-refractivity contribution in [3.05, 3.63) is 18.5 Å². The molecule has 1 aliphatic rings. The molecule has 2 rings (SSSR count). The van der Waals surface area contributed by atoms with Crippen LogP contribution in [0.1, 0.15) is 13.8 Å². The van der Waals surface area contributed by atoms with Crippen LogP contribution in [0.25, 0.3) is 0 Å². The molecular weight excluding hydrogens is 202 g/mol. The van der Waals surface area contributed by atoms with Crippen molar-refractivity contribution in [3.8, 4) is 0 Å². The monoisotopic (exact) mass is 221 g/mol. The van der Waals surface area contributed by atoms with Gasteiger partial charge in [-0.15, -0.1) is 0 Å². The first kappa shape index (κ1) is 11.3. The van der Waals surface area contributed by atoms with Gasteiger partial charge >= 0.3 is 0 Å². The van der Waals surface area contributed by atoms with E-state index in [4.69, 9.17) is 0 Å². The molecule has 1 aliphatic heterocycles. The summed E-state index contributed by atoms with van der Waals surface area (Å²) in [6, 6.07) is 2.30. The second-order valence-corrected chi connectivity index (χ2v) is 4.28. The van der Waals surface area contributed by atoms with Crippen LogP contribution in [0.2, 0.25) is 0 Å². The minimum Gasteiger partial charge on any atom is -0.323 e. The molecule has 88 valence electrons. The fourth-order valence-corrected chi connectivity index (χ4v) is 1.92. The van der Waals surface area contributed by atoms with Crippen molar-refractivity contribution in [3.63, 3.8) is 0 Å². The van der Waals surface area contributed by atoms with E-state index >= 15 is 0 Å². The molecule has 1 unspecified atom stereocenters. The molecule has 2 heterocycles. The third kappa shape index (κ3) is 2.68. The Morgan fingerprint density at radius 2 is 2.19 bits per heavy atom. The van der Waals surface area contributed by atoms with Crippen molar-refractivity contribution >= 4 is 5.95 Å². The summed E-state index contributed by atoms with van der Waals surface area (Å²) in [7, 11) is 0. The average molecular weight is 221 g/mol. The molecule has 1 aromatic rings. The molecule has 1 aromatic heterocycles. The molecule has 0 aromatic carbocycles. The predicted molar refractivity (Wildman–Crippen MR) is 64.3 cm³/mol. The van der Waals surface area contributed by atoms with E-state index in [1.807, 2.05) is 6.07 Å². The molecule has 0 spiro atoms. The molecule has 16 heavy (non-hydrogen) atoms. The number of piperazine rings is 1. The van der Waals surface area contributed by atoms with Crippen molar-refractivity contribution in [2.75, 3.05) is 24.5 Å². The van der Waals surface area contributed by atoms with Crippen molar-refractivity contribution in [1.29, 1.82) is 0 Å². The minimum atomic E-state index is 0.274. The molecule has 5 heteroatoms. The van der Waals surface area contributed by atoms with Gasteiger partial charge in [0.2, 0.25) is 5.95 Å². The van der Waals surface area contributed by atoms with Gasteiger partial charge in [0.05, 0.1) is 6.17 Å². The van der Waals surface area contributed by atoms with Gasteiger partial charge in [-0.3, -0.25) is 5.32 Å². The molecular formula is C11H19N5. The molecule has 0 aliphatic carbocycles. The summed E-state index contributed by atoms with van der Waals surface area (Å²) in [4.78, 5) is 10.8. The highest BCUT2D eigenvalue weighted by Gasteiger charge is 2.24. The molecule has 2 N–H and O–H groups in total. The van der Waals surface area contributed by atoms with Crippen LogP contribution in [0.15, 0.2) is 18.5 Å². The maximum absolute atomic E-state index is 4.31. The van der Waals surface area contributed by atoms with E-state index in [1.165, 1.54) is 0 Å². The molecule has 0 saturated carbocycles. The fraction of sp³-hybridized carbons (Fsp3) is 0.636. The third-order valence-electron chi connectivity index (χ3n) is 2.58. The van der Waals surface area contributed by atoms with Crippen molar-refractivity contribution in [1.82, 2.24) is 20.6 Å². The number of nitrogens with zero attached hydrogens (tertiary/aromatic N) is 3. The van der Waals surface area contributed by atoms with E-state index in [0.29, 0.717) is 6.04 Å². The SMILES string of the molecule is CC(C)NC1CNCCN1c1ncccn1. The Morgan fingerprint density at radius 1 is 1.44 bits per heavy atom. The van der Waals surface area contributed by atoms with Crippen LogP contribution in [-0.4, -0.2) is 41.8 Å². The lowest BCUT2D eigenvalue weighted by atomic mass is 10.2. The summed E-state index contributed by atoms with van der Waals surface area (Å²) >= 11 is 0. The Kier molecular flexibility index (Phi) is 3.69. The quantitative estimate of drug-likeness (QED) is 0.764. The molecule has 5 nitrogen and oxygen atoms in total. The smallest absolute Gasteiger partial charge is 0.226 e. The zero-order chi connectivity index (χ0) is 11.4. The molecule has 1 atom stereocenters. The molecule has 0 bridgehead atoms. The van der Waals surface area contributed by atoms with Crippen LogP contribution >= 0.6 is 0 Å². The van der Waals surface area contributed by atoms with Gasteiger partial charge in [-0.1, -0.05) is 0 Å². The van der Waals surface area contributed by atoms with Gasteiger partial charge in [0.15, 0.2) is 0 Å². The number of rotatable bonds is 3. The number of aromatic nitrogens is 2. The van der Waals surface area contributed by atoms with Crippen molar-refractivity contribution in [2.24, 2.45) is 0 Å². The van der Waals surface area contributed by atoms with Gasteiger partial charge in [-0.2, -0.15) is 0 Å². The van der Waals surface area contributed by atoms with Crippen molar-refractivity contribution < 1.29 is 0 Å². The largest absolute Gasteiger partial charge is 0.323 e. The first-order valence-corrected chi connectivity index (χ1v) is 5.78. The number of hydrogen-bond acceptors (Lipinski definition) is 5. The van der Waals surface area contributed by atoms with E-state index in [9.17, 15) is 0 Å². The Hall–Kier alpha value is -1.20. The lowest BCUT2D eigenvalue weighted by molar-refractivity contribution is 0.380. The van der Waals surface area contributed by atoms with Crippen LogP contribution in [-0.2, 0) is 0 Å². The maximum atomic E-state index is 4.31. The highest BCUT2D eigenvalue weighted by molar-refractivity contribution is 5.31. The average Bonchev–Trinajstić information content (AvgIpc) is 2.30. The fourth-order valence-electron chi connectivity index (χ4n) is 1.92. The highest BCUT2D eigenvalue weighted by Crippen LogP contribution is 2.10. The van der Waals surface area contributed by atoms with Crippen LogP contribution < -0.4 is 15.5 Å². The molecule has 1 fully saturated rings. The molecule has 1 saturated heterocycles. The van der Waals surface area contributed by atoms with Gasteiger partial charge < -0.3 is 10.2 Å². The second kappa shape index (κ2) is 5.23. The molecule has 0 radical (unpaired) electrons. The number of anilines is 1. The van der Waals surface area contributed by atoms with Gasteiger partial charge in [0.1, 0.15) is 0 Å². The lowest BCUT2D eigenvalue weighted by Crippen LogP contribution is -2.59. The van der Waals surface area contributed by atoms with E-state index in [-0.39, 0.29) is 6.17 Å². The van der Waals surface area contributed by atoms with E-state index in [0.717, 1.165) is 25.6 Å². The Balaban J connectivity index is 2.10. The highest BCUT2D eigenvalue weighted by atomic mass is 15.4. The second-order valence-electron chi connectivity index (χ2n) is 4.28. The molecule has 0 amide bonds. The van der Waals surface area contributed by atoms with Crippen LogP contribution in [0.3, 0.4) is 0 Å². The Labute approximate surface area is 96.3 Å². The van der Waals surface area contributed by atoms with E-state index < -0.39 is 0 Å². The summed E-state index contributed by atoms with van der Waals surface area (Å²) in [5.41, 5.74) is 0. The number of nitrogens with one attached hydrogen (secondary N) is 2. The summed E-state index contributed by atoms with van der Waals surface area (Å²) < 4.78 is 0.